The SMILES string of the molecule is C=CC(=O)N1C[C@@H](CF)[C@@H](NC(=O)c2c(C)nc(CN=C(N)c3cc(C(C)(C)C)c(Cl)cc3N)n2C)C1. The van der Waals surface area contributed by atoms with Crippen molar-refractivity contribution in [2.75, 3.05) is 25.5 Å². The third-order valence-electron chi connectivity index (χ3n) is 6.63. The normalized spacial score (nSPS) is 18.2. The van der Waals surface area contributed by atoms with Crippen LogP contribution in [-0.2, 0) is 23.8 Å². The minimum Gasteiger partial charge on any atom is -0.398 e. The van der Waals surface area contributed by atoms with Crippen LogP contribution < -0.4 is 16.8 Å². The predicted molar refractivity (Wildman–Crippen MR) is 144 cm³/mol. The van der Waals surface area contributed by atoms with Crippen LogP contribution in [0.3, 0.4) is 0 Å². The van der Waals surface area contributed by atoms with Crippen LogP contribution in [0.1, 0.15) is 53.9 Å². The third kappa shape index (κ3) is 5.95. The van der Waals surface area contributed by atoms with Gasteiger partial charge in [0.05, 0.1) is 25.0 Å². The summed E-state index contributed by atoms with van der Waals surface area (Å²) in [6.45, 7) is 11.2. The number of aliphatic imine (C=N–C) groups is 1. The molecule has 1 saturated heterocycles. The lowest BCUT2D eigenvalue weighted by Gasteiger charge is -2.22. The van der Waals surface area contributed by atoms with Crippen molar-refractivity contribution in [2.45, 2.75) is 45.7 Å². The number of amides is 2. The standard InChI is InChI=1S/C26H35ClFN7O2/c1-7-22(36)35-12-15(10-28)20(13-35)33-25(37)23-14(2)32-21(34(23)6)11-31-24(30)16-8-17(26(3,4)5)18(27)9-19(16)29/h7-9,15,20H,1,10-13,29H2,2-6H3,(H2,30,31)(H,33,37)/t15-,20+/m1/s1. The number of anilines is 1. The molecule has 1 aliphatic heterocycles. The molecule has 0 radical (unpaired) electrons. The highest BCUT2D eigenvalue weighted by Crippen LogP contribution is 2.33. The lowest BCUT2D eigenvalue weighted by atomic mass is 9.85. The fourth-order valence-electron chi connectivity index (χ4n) is 4.51. The number of nitrogen functional groups attached to an aromatic ring is 1. The minimum atomic E-state index is -0.653. The molecule has 2 aromatic rings. The molecule has 37 heavy (non-hydrogen) atoms. The number of alkyl halides is 1. The number of benzene rings is 1. The molecule has 0 aliphatic carbocycles. The lowest BCUT2D eigenvalue weighted by molar-refractivity contribution is -0.125. The number of aromatic nitrogens is 2. The van der Waals surface area contributed by atoms with Crippen molar-refractivity contribution in [2.24, 2.45) is 23.7 Å². The van der Waals surface area contributed by atoms with E-state index in [0.717, 1.165) is 5.56 Å². The summed E-state index contributed by atoms with van der Waals surface area (Å²) >= 11 is 6.39. The van der Waals surface area contributed by atoms with Crippen LogP contribution in [0.15, 0.2) is 29.8 Å². The number of carbonyl (C=O) groups excluding carboxylic acids is 2. The molecular formula is C26H35ClFN7O2. The summed E-state index contributed by atoms with van der Waals surface area (Å²) in [6, 6.07) is 3.00. The number of imidazole rings is 1. The van der Waals surface area contributed by atoms with Crippen molar-refractivity contribution >= 4 is 34.9 Å². The van der Waals surface area contributed by atoms with Gasteiger partial charge >= 0.3 is 0 Å². The first kappa shape index (κ1) is 28.2. The summed E-state index contributed by atoms with van der Waals surface area (Å²) in [4.78, 5) is 35.5. The molecule has 1 fully saturated rings. The van der Waals surface area contributed by atoms with Crippen LogP contribution in [-0.4, -0.2) is 57.9 Å². The number of carbonyl (C=O) groups is 2. The fraction of sp³-hybridized carbons (Fsp3) is 0.462. The number of amidine groups is 1. The number of nitrogens with zero attached hydrogens (tertiary/aromatic N) is 4. The molecule has 3 rings (SSSR count). The van der Waals surface area contributed by atoms with Gasteiger partial charge < -0.3 is 26.3 Å². The lowest BCUT2D eigenvalue weighted by Crippen LogP contribution is -2.42. The quantitative estimate of drug-likeness (QED) is 0.219. The summed E-state index contributed by atoms with van der Waals surface area (Å²) in [5, 5.41) is 3.43. The minimum absolute atomic E-state index is 0.113. The largest absolute Gasteiger partial charge is 0.398 e. The van der Waals surface area contributed by atoms with Gasteiger partial charge in [0.2, 0.25) is 5.91 Å². The smallest absolute Gasteiger partial charge is 0.270 e. The molecule has 2 atom stereocenters. The molecule has 0 unspecified atom stereocenters. The summed E-state index contributed by atoms with van der Waals surface area (Å²) in [5.41, 5.74) is 15.0. The van der Waals surface area contributed by atoms with E-state index in [2.05, 4.69) is 21.9 Å². The van der Waals surface area contributed by atoms with Gasteiger partial charge in [-0.25, -0.2) is 4.98 Å². The van der Waals surface area contributed by atoms with E-state index in [4.69, 9.17) is 23.1 Å². The van der Waals surface area contributed by atoms with Gasteiger partial charge in [0.25, 0.3) is 5.91 Å². The predicted octanol–water partition coefficient (Wildman–Crippen LogP) is 2.88. The van der Waals surface area contributed by atoms with E-state index in [9.17, 15) is 14.0 Å². The maximum absolute atomic E-state index is 13.6. The first-order valence-electron chi connectivity index (χ1n) is 12.0. The molecule has 0 spiro atoms. The van der Waals surface area contributed by atoms with Crippen LogP contribution >= 0.6 is 11.6 Å². The van der Waals surface area contributed by atoms with Crippen molar-refractivity contribution in [3.8, 4) is 0 Å². The van der Waals surface area contributed by atoms with Gasteiger partial charge in [-0.05, 0) is 36.1 Å². The molecule has 2 heterocycles. The van der Waals surface area contributed by atoms with Crippen molar-refractivity contribution < 1.29 is 14.0 Å². The zero-order valence-corrected chi connectivity index (χ0v) is 22.7. The van der Waals surface area contributed by atoms with Gasteiger partial charge in [0.1, 0.15) is 17.4 Å². The molecule has 0 saturated carbocycles. The average Bonchev–Trinajstić information content (AvgIpc) is 3.35. The molecule has 1 aliphatic rings. The zero-order valence-electron chi connectivity index (χ0n) is 21.9. The Hall–Kier alpha value is -3.40. The van der Waals surface area contributed by atoms with Crippen molar-refractivity contribution in [3.05, 3.63) is 58.1 Å². The highest BCUT2D eigenvalue weighted by Gasteiger charge is 2.36. The number of rotatable bonds is 7. The molecule has 0 bridgehead atoms. The van der Waals surface area contributed by atoms with Crippen LogP contribution in [0, 0.1) is 12.8 Å². The van der Waals surface area contributed by atoms with Crippen molar-refractivity contribution in [1.29, 1.82) is 0 Å². The van der Waals surface area contributed by atoms with Crippen molar-refractivity contribution in [1.82, 2.24) is 19.8 Å². The fourth-order valence-corrected chi connectivity index (χ4v) is 4.97. The second kappa shape index (κ2) is 10.9. The van der Waals surface area contributed by atoms with Gasteiger partial charge in [0, 0.05) is 42.3 Å². The number of nitrogens with one attached hydrogen (secondary N) is 1. The van der Waals surface area contributed by atoms with E-state index in [0.29, 0.717) is 33.5 Å². The van der Waals surface area contributed by atoms with E-state index in [1.165, 1.54) is 11.0 Å². The second-order valence-corrected chi connectivity index (χ2v) is 10.7. The Labute approximate surface area is 221 Å². The Morgan fingerprint density at radius 3 is 2.62 bits per heavy atom. The van der Waals surface area contributed by atoms with Gasteiger partial charge in [0.15, 0.2) is 0 Å². The molecule has 1 aromatic heterocycles. The maximum atomic E-state index is 13.6. The van der Waals surface area contributed by atoms with E-state index < -0.39 is 24.5 Å². The number of nitrogens with two attached hydrogens (primary N) is 2. The van der Waals surface area contributed by atoms with E-state index in [-0.39, 0.29) is 36.8 Å². The molecule has 11 heteroatoms. The highest BCUT2D eigenvalue weighted by atomic mass is 35.5. The van der Waals surface area contributed by atoms with Crippen molar-refractivity contribution in [3.63, 3.8) is 0 Å². The van der Waals surface area contributed by atoms with Gasteiger partial charge in [-0.2, -0.15) is 0 Å². The van der Waals surface area contributed by atoms with Gasteiger partial charge in [-0.3, -0.25) is 19.0 Å². The van der Waals surface area contributed by atoms with Crippen LogP contribution in [0.2, 0.25) is 5.02 Å². The van der Waals surface area contributed by atoms with E-state index in [1.54, 1.807) is 24.6 Å². The van der Waals surface area contributed by atoms with Gasteiger partial charge in [-0.1, -0.05) is 39.0 Å². The Kier molecular flexibility index (Phi) is 8.32. The van der Waals surface area contributed by atoms with Crippen LogP contribution in [0.5, 0.6) is 0 Å². The van der Waals surface area contributed by atoms with E-state index in [1.807, 2.05) is 26.8 Å². The summed E-state index contributed by atoms with van der Waals surface area (Å²) < 4.78 is 15.2. The topological polar surface area (TPSA) is 132 Å². The molecule has 1 aromatic carbocycles. The molecule has 200 valence electrons. The number of halogens is 2. The third-order valence-corrected chi connectivity index (χ3v) is 6.95. The molecule has 5 N–H and O–H groups in total. The Bertz CT molecular complexity index is 1250. The number of hydrogen-bond donors (Lipinski definition) is 3. The zero-order chi connectivity index (χ0) is 27.7. The van der Waals surface area contributed by atoms with E-state index >= 15 is 0 Å². The molecule has 2 amide bonds. The number of aryl methyl sites for hydroxylation is 1. The van der Waals surface area contributed by atoms with Crippen LogP contribution in [0.4, 0.5) is 10.1 Å². The number of hydrogen-bond acceptors (Lipinski definition) is 5. The number of likely N-dealkylation sites (tertiary alicyclic amines) is 1. The first-order chi connectivity index (χ1) is 17.3. The summed E-state index contributed by atoms with van der Waals surface area (Å²) in [7, 11) is 1.71. The first-order valence-corrected chi connectivity index (χ1v) is 12.4. The van der Waals surface area contributed by atoms with Crippen LogP contribution in [0.25, 0.3) is 0 Å². The summed E-state index contributed by atoms with van der Waals surface area (Å²) in [5.74, 6) is -0.432. The monoisotopic (exact) mass is 531 g/mol. The molecule has 9 nitrogen and oxygen atoms in total. The second-order valence-electron chi connectivity index (χ2n) is 10.3. The van der Waals surface area contributed by atoms with Gasteiger partial charge in [-0.15, -0.1) is 0 Å². The molecular weight excluding hydrogens is 497 g/mol. The average molecular weight is 532 g/mol. The highest BCUT2D eigenvalue weighted by molar-refractivity contribution is 6.32. The Morgan fingerprint density at radius 1 is 1.35 bits per heavy atom. The maximum Gasteiger partial charge on any atom is 0.270 e. The Balaban J connectivity index is 1.80. The summed E-state index contributed by atoms with van der Waals surface area (Å²) in [6.07, 6.45) is 1.19. The Morgan fingerprint density at radius 2 is 2.03 bits per heavy atom.